The van der Waals surface area contributed by atoms with Crippen LogP contribution in [0.3, 0.4) is 0 Å². The van der Waals surface area contributed by atoms with E-state index in [1.807, 2.05) is 0 Å². The zero-order valence-corrected chi connectivity index (χ0v) is 14.3. The van der Waals surface area contributed by atoms with Crippen molar-refractivity contribution in [1.82, 2.24) is 9.78 Å². The largest absolute Gasteiger partial charge is 0.434 e. The molecule has 1 heterocycles. The van der Waals surface area contributed by atoms with Gasteiger partial charge < -0.3 is 4.74 Å². The van der Waals surface area contributed by atoms with Gasteiger partial charge in [-0.25, -0.2) is 9.07 Å². The van der Waals surface area contributed by atoms with Crippen molar-refractivity contribution in [3.63, 3.8) is 0 Å². The van der Waals surface area contributed by atoms with Crippen molar-refractivity contribution >= 4 is 11.9 Å². The Hall–Kier alpha value is -3.35. The van der Waals surface area contributed by atoms with Gasteiger partial charge in [0.25, 0.3) is 0 Å². The Labute approximate surface area is 153 Å². The van der Waals surface area contributed by atoms with Crippen LogP contribution in [0.15, 0.2) is 60.8 Å². The minimum Gasteiger partial charge on any atom is -0.434 e. The molecule has 0 fully saturated rings. The SMILES string of the molecule is Cc1c(C(=O)C=Cc2ccccc2OC(F)F)cnn1-c1ccc(F)cc1. The summed E-state index contributed by atoms with van der Waals surface area (Å²) in [7, 11) is 0. The molecule has 0 saturated carbocycles. The van der Waals surface area contributed by atoms with Gasteiger partial charge in [-0.15, -0.1) is 0 Å². The molecule has 27 heavy (non-hydrogen) atoms. The van der Waals surface area contributed by atoms with Gasteiger partial charge in [0, 0.05) is 5.56 Å². The van der Waals surface area contributed by atoms with E-state index in [1.54, 1.807) is 37.3 Å². The molecule has 0 spiro atoms. The number of ketones is 1. The Balaban J connectivity index is 1.83. The number of carbonyl (C=O) groups is 1. The van der Waals surface area contributed by atoms with E-state index in [-0.39, 0.29) is 17.3 Å². The molecule has 0 aliphatic rings. The number of benzene rings is 2. The molecule has 0 aliphatic heterocycles. The van der Waals surface area contributed by atoms with E-state index in [4.69, 9.17) is 0 Å². The molecule has 7 heteroatoms. The quantitative estimate of drug-likeness (QED) is 0.460. The molecule has 0 aliphatic carbocycles. The van der Waals surface area contributed by atoms with E-state index < -0.39 is 6.61 Å². The Morgan fingerprint density at radius 2 is 1.85 bits per heavy atom. The fourth-order valence-corrected chi connectivity index (χ4v) is 2.57. The summed E-state index contributed by atoms with van der Waals surface area (Å²) >= 11 is 0. The van der Waals surface area contributed by atoms with Gasteiger partial charge in [-0.3, -0.25) is 4.79 Å². The summed E-state index contributed by atoms with van der Waals surface area (Å²) in [5.74, 6) is -0.726. The maximum absolute atomic E-state index is 13.1. The van der Waals surface area contributed by atoms with Crippen molar-refractivity contribution in [2.24, 2.45) is 0 Å². The van der Waals surface area contributed by atoms with Crippen molar-refractivity contribution in [3.8, 4) is 11.4 Å². The molecular formula is C20H15F3N2O2. The molecule has 2 aromatic carbocycles. The zero-order chi connectivity index (χ0) is 19.4. The summed E-state index contributed by atoms with van der Waals surface area (Å²) in [5.41, 5.74) is 1.90. The molecule has 138 valence electrons. The highest BCUT2D eigenvalue weighted by molar-refractivity contribution is 6.07. The van der Waals surface area contributed by atoms with E-state index >= 15 is 0 Å². The average Bonchev–Trinajstić information content (AvgIpc) is 3.02. The number of carbonyl (C=O) groups excluding carboxylic acids is 1. The molecule has 0 N–H and O–H groups in total. The van der Waals surface area contributed by atoms with Crippen molar-refractivity contribution in [1.29, 1.82) is 0 Å². The molecule has 0 atom stereocenters. The molecule has 4 nitrogen and oxygen atoms in total. The highest BCUT2D eigenvalue weighted by Crippen LogP contribution is 2.22. The van der Waals surface area contributed by atoms with E-state index in [9.17, 15) is 18.0 Å². The standard InChI is InChI=1S/C20H15F3N2O2/c1-13-17(12-24-25(13)16-9-7-15(21)8-10-16)18(26)11-6-14-4-2-3-5-19(14)27-20(22)23/h2-12,20H,1H3. The molecule has 1 aromatic heterocycles. The lowest BCUT2D eigenvalue weighted by molar-refractivity contribution is -0.0499. The topological polar surface area (TPSA) is 44.1 Å². The van der Waals surface area contributed by atoms with E-state index in [0.717, 1.165) is 0 Å². The smallest absolute Gasteiger partial charge is 0.387 e. The molecule has 0 unspecified atom stereocenters. The van der Waals surface area contributed by atoms with Crippen LogP contribution in [0.5, 0.6) is 5.75 Å². The first kappa shape index (κ1) is 18.4. The number of halogens is 3. The number of ether oxygens (including phenoxy) is 1. The van der Waals surface area contributed by atoms with Crippen LogP contribution in [0.4, 0.5) is 13.2 Å². The first-order chi connectivity index (χ1) is 13.0. The zero-order valence-electron chi connectivity index (χ0n) is 14.3. The molecular weight excluding hydrogens is 357 g/mol. The Bertz CT molecular complexity index is 979. The summed E-state index contributed by atoms with van der Waals surface area (Å²) in [6.45, 7) is -1.24. The number of hydrogen-bond acceptors (Lipinski definition) is 3. The molecule has 0 amide bonds. The Morgan fingerprint density at radius 3 is 2.56 bits per heavy atom. The maximum atomic E-state index is 13.1. The van der Waals surface area contributed by atoms with Crippen LogP contribution in [0, 0.1) is 12.7 Å². The number of para-hydroxylation sites is 1. The molecule has 0 saturated heterocycles. The van der Waals surface area contributed by atoms with Gasteiger partial charge in [-0.2, -0.15) is 13.9 Å². The number of alkyl halides is 2. The number of aromatic nitrogens is 2. The summed E-state index contributed by atoms with van der Waals surface area (Å²) < 4.78 is 43.9. The third kappa shape index (κ3) is 4.25. The van der Waals surface area contributed by atoms with Crippen LogP contribution in [0.25, 0.3) is 11.8 Å². The molecule has 3 aromatic rings. The summed E-state index contributed by atoms with van der Waals surface area (Å²) in [6.07, 6.45) is 4.09. The number of nitrogens with zero attached hydrogens (tertiary/aromatic N) is 2. The molecule has 0 bridgehead atoms. The van der Waals surface area contributed by atoms with E-state index in [0.29, 0.717) is 22.5 Å². The second-order valence-corrected chi connectivity index (χ2v) is 5.65. The second-order valence-electron chi connectivity index (χ2n) is 5.65. The van der Waals surface area contributed by atoms with Crippen molar-refractivity contribution < 1.29 is 22.7 Å². The minimum atomic E-state index is -2.95. The second kappa shape index (κ2) is 7.90. The van der Waals surface area contributed by atoms with Crippen molar-refractivity contribution in [3.05, 3.63) is 83.4 Å². The van der Waals surface area contributed by atoms with E-state index in [2.05, 4.69) is 9.84 Å². The summed E-state index contributed by atoms with van der Waals surface area (Å²) in [4.78, 5) is 12.5. The first-order valence-corrected chi connectivity index (χ1v) is 8.02. The number of hydrogen-bond donors (Lipinski definition) is 0. The average molecular weight is 372 g/mol. The van der Waals surface area contributed by atoms with Crippen molar-refractivity contribution in [2.45, 2.75) is 13.5 Å². The third-order valence-electron chi connectivity index (χ3n) is 3.90. The number of rotatable bonds is 6. The number of allylic oxidation sites excluding steroid dienone is 1. The maximum Gasteiger partial charge on any atom is 0.387 e. The van der Waals surface area contributed by atoms with Crippen molar-refractivity contribution in [2.75, 3.05) is 0 Å². The van der Waals surface area contributed by atoms with Gasteiger partial charge in [0.1, 0.15) is 11.6 Å². The lowest BCUT2D eigenvalue weighted by Gasteiger charge is -2.07. The van der Waals surface area contributed by atoms with Gasteiger partial charge >= 0.3 is 6.61 Å². The normalized spacial score (nSPS) is 11.3. The molecule has 3 rings (SSSR count). The minimum absolute atomic E-state index is 0.0183. The molecule has 0 radical (unpaired) electrons. The van der Waals surface area contributed by atoms with Gasteiger partial charge in [0.2, 0.25) is 0 Å². The fraction of sp³-hybridized carbons (Fsp3) is 0.100. The van der Waals surface area contributed by atoms with Crippen LogP contribution in [0.1, 0.15) is 21.6 Å². The fourth-order valence-electron chi connectivity index (χ4n) is 2.57. The van der Waals surface area contributed by atoms with Crippen LogP contribution in [-0.2, 0) is 0 Å². The monoisotopic (exact) mass is 372 g/mol. The lowest BCUT2D eigenvalue weighted by Crippen LogP contribution is -2.03. The van der Waals surface area contributed by atoms with Gasteiger partial charge in [0.15, 0.2) is 5.78 Å². The van der Waals surface area contributed by atoms with Gasteiger partial charge in [-0.1, -0.05) is 18.2 Å². The summed E-state index contributed by atoms with van der Waals surface area (Å²) in [6, 6.07) is 11.9. The van der Waals surface area contributed by atoms with Gasteiger partial charge in [-0.05, 0) is 49.4 Å². The highest BCUT2D eigenvalue weighted by Gasteiger charge is 2.14. The summed E-state index contributed by atoms with van der Waals surface area (Å²) in [5, 5.41) is 4.16. The Kier molecular flexibility index (Phi) is 5.40. The Morgan fingerprint density at radius 1 is 1.15 bits per heavy atom. The predicted molar refractivity (Wildman–Crippen MR) is 94.7 cm³/mol. The van der Waals surface area contributed by atoms with Crippen LogP contribution < -0.4 is 4.74 Å². The van der Waals surface area contributed by atoms with Crippen LogP contribution in [0.2, 0.25) is 0 Å². The third-order valence-corrected chi connectivity index (χ3v) is 3.90. The van der Waals surface area contributed by atoms with E-state index in [1.165, 1.54) is 41.2 Å². The predicted octanol–water partition coefficient (Wildman–Crippen LogP) is 4.82. The lowest BCUT2D eigenvalue weighted by atomic mass is 10.1. The van der Waals surface area contributed by atoms with Crippen LogP contribution in [-0.4, -0.2) is 22.2 Å². The van der Waals surface area contributed by atoms with Crippen LogP contribution >= 0.6 is 0 Å². The van der Waals surface area contributed by atoms with Gasteiger partial charge in [0.05, 0.1) is 23.1 Å². The highest BCUT2D eigenvalue weighted by atomic mass is 19.3. The first-order valence-electron chi connectivity index (χ1n) is 8.02.